The topological polar surface area (TPSA) is 81.1 Å². The largest absolute Gasteiger partial charge is 0.398 e. The number of benzene rings is 2. The van der Waals surface area contributed by atoms with Gasteiger partial charge in [0.2, 0.25) is 0 Å². The Bertz CT molecular complexity index is 698. The van der Waals surface area contributed by atoms with Crippen LogP contribution in [0.1, 0.15) is 28.4 Å². The summed E-state index contributed by atoms with van der Waals surface area (Å²) >= 11 is 0. The first-order chi connectivity index (χ1) is 9.93. The van der Waals surface area contributed by atoms with Crippen molar-refractivity contribution in [3.8, 4) is 0 Å². The lowest BCUT2D eigenvalue weighted by Gasteiger charge is -2.16. The molecule has 0 bridgehead atoms. The smallest absolute Gasteiger partial charge is 0.250 e. The number of anilines is 3. The molecule has 0 aromatic heterocycles. The first-order valence-electron chi connectivity index (χ1n) is 6.68. The molecule has 2 aromatic rings. The summed E-state index contributed by atoms with van der Waals surface area (Å²) in [5.74, 6) is -1.21. The maximum Gasteiger partial charge on any atom is 0.250 e. The van der Waals surface area contributed by atoms with Gasteiger partial charge < -0.3 is 16.8 Å². The fraction of sp³-hybridized carbons (Fsp3) is 0.188. The zero-order valence-electron chi connectivity index (χ0n) is 12.0. The molecular formula is C16H18FN3O. The highest BCUT2D eigenvalue weighted by molar-refractivity contribution is 5.99. The molecule has 1 amide bonds. The standard InChI is InChI=1S/C16H18FN3O/c1-3-10-6-4-5-9(2)15(10)20-14-7-11(16(19)21)13(18)8-12(14)17/h4-8,20H,3,18H2,1-2H3,(H2,19,21). The molecule has 0 aliphatic heterocycles. The summed E-state index contributed by atoms with van der Waals surface area (Å²) in [7, 11) is 0. The molecule has 2 rings (SSSR count). The van der Waals surface area contributed by atoms with E-state index in [9.17, 15) is 9.18 Å². The van der Waals surface area contributed by atoms with E-state index in [4.69, 9.17) is 11.5 Å². The fourth-order valence-electron chi connectivity index (χ4n) is 2.23. The van der Waals surface area contributed by atoms with Gasteiger partial charge in [-0.2, -0.15) is 0 Å². The molecule has 5 N–H and O–H groups in total. The molecule has 0 unspecified atom stereocenters. The summed E-state index contributed by atoms with van der Waals surface area (Å²) in [5.41, 5.74) is 14.1. The molecular weight excluding hydrogens is 269 g/mol. The van der Waals surface area contributed by atoms with Crippen molar-refractivity contribution in [1.29, 1.82) is 0 Å². The number of nitrogens with two attached hydrogens (primary N) is 2. The van der Waals surface area contributed by atoms with Crippen molar-refractivity contribution in [2.45, 2.75) is 20.3 Å². The third kappa shape index (κ3) is 2.97. The number of carbonyl (C=O) groups is 1. The summed E-state index contributed by atoms with van der Waals surface area (Å²) < 4.78 is 14.1. The molecule has 0 atom stereocenters. The van der Waals surface area contributed by atoms with Crippen LogP contribution in [0.25, 0.3) is 0 Å². The molecule has 0 aliphatic carbocycles. The second-order valence-corrected chi connectivity index (χ2v) is 4.87. The lowest BCUT2D eigenvalue weighted by Crippen LogP contribution is -2.14. The normalized spacial score (nSPS) is 10.4. The monoisotopic (exact) mass is 287 g/mol. The predicted octanol–water partition coefficient (Wildman–Crippen LogP) is 3.12. The molecule has 0 radical (unpaired) electrons. The van der Waals surface area contributed by atoms with Crippen molar-refractivity contribution < 1.29 is 9.18 Å². The van der Waals surface area contributed by atoms with Crippen molar-refractivity contribution in [2.75, 3.05) is 11.1 Å². The molecule has 0 saturated heterocycles. The van der Waals surface area contributed by atoms with Gasteiger partial charge in [-0.25, -0.2) is 4.39 Å². The Labute approximate surface area is 123 Å². The summed E-state index contributed by atoms with van der Waals surface area (Å²) in [6, 6.07) is 8.31. The lowest BCUT2D eigenvalue weighted by molar-refractivity contribution is 0.100. The molecule has 2 aromatic carbocycles. The number of aryl methyl sites for hydroxylation is 2. The van der Waals surface area contributed by atoms with E-state index in [0.717, 1.165) is 29.3 Å². The number of amides is 1. The van der Waals surface area contributed by atoms with Gasteiger partial charge >= 0.3 is 0 Å². The lowest BCUT2D eigenvalue weighted by atomic mass is 10.0. The van der Waals surface area contributed by atoms with Crippen molar-refractivity contribution >= 4 is 23.0 Å². The highest BCUT2D eigenvalue weighted by Gasteiger charge is 2.13. The van der Waals surface area contributed by atoms with Crippen molar-refractivity contribution in [3.05, 3.63) is 52.8 Å². The van der Waals surface area contributed by atoms with E-state index in [1.807, 2.05) is 32.0 Å². The van der Waals surface area contributed by atoms with Crippen LogP contribution in [-0.2, 0) is 6.42 Å². The minimum Gasteiger partial charge on any atom is -0.398 e. The molecule has 0 spiro atoms. The number of halogens is 1. The van der Waals surface area contributed by atoms with Crippen LogP contribution in [0.3, 0.4) is 0 Å². The minimum atomic E-state index is -0.684. The third-order valence-electron chi connectivity index (χ3n) is 3.40. The van der Waals surface area contributed by atoms with Crippen LogP contribution in [0.15, 0.2) is 30.3 Å². The van der Waals surface area contributed by atoms with Gasteiger partial charge in [0.25, 0.3) is 5.91 Å². The quantitative estimate of drug-likeness (QED) is 0.756. The molecule has 0 saturated carbocycles. The van der Waals surface area contributed by atoms with Crippen LogP contribution in [-0.4, -0.2) is 5.91 Å². The van der Waals surface area contributed by atoms with Crippen molar-refractivity contribution in [3.63, 3.8) is 0 Å². The Morgan fingerprint density at radius 3 is 2.67 bits per heavy atom. The zero-order chi connectivity index (χ0) is 15.6. The van der Waals surface area contributed by atoms with E-state index in [0.29, 0.717) is 0 Å². The van der Waals surface area contributed by atoms with Gasteiger partial charge in [-0.15, -0.1) is 0 Å². The number of primary amides is 1. The fourth-order valence-corrected chi connectivity index (χ4v) is 2.23. The number of rotatable bonds is 4. The van der Waals surface area contributed by atoms with Crippen LogP contribution < -0.4 is 16.8 Å². The number of carbonyl (C=O) groups excluding carboxylic acids is 1. The summed E-state index contributed by atoms with van der Waals surface area (Å²) in [6.07, 6.45) is 0.809. The Balaban J connectivity index is 2.50. The molecule has 0 aliphatic rings. The number of nitrogens with one attached hydrogen (secondary N) is 1. The van der Waals surface area contributed by atoms with Gasteiger partial charge in [-0.1, -0.05) is 25.1 Å². The molecule has 0 heterocycles. The SMILES string of the molecule is CCc1cccc(C)c1Nc1cc(C(N)=O)c(N)cc1F. The van der Waals surface area contributed by atoms with Crippen LogP contribution in [0.5, 0.6) is 0 Å². The van der Waals surface area contributed by atoms with Crippen LogP contribution in [0.4, 0.5) is 21.5 Å². The van der Waals surface area contributed by atoms with Gasteiger partial charge in [-0.05, 0) is 36.6 Å². The summed E-state index contributed by atoms with van der Waals surface area (Å²) in [6.45, 7) is 3.96. The zero-order valence-corrected chi connectivity index (χ0v) is 12.0. The number of para-hydroxylation sites is 1. The average molecular weight is 287 g/mol. The number of hydrogen-bond acceptors (Lipinski definition) is 3. The average Bonchev–Trinajstić information content (AvgIpc) is 2.43. The minimum absolute atomic E-state index is 0.0334. The Kier molecular flexibility index (Phi) is 4.12. The van der Waals surface area contributed by atoms with Gasteiger partial charge in [0.05, 0.1) is 11.3 Å². The predicted molar refractivity (Wildman–Crippen MR) is 83.2 cm³/mol. The Morgan fingerprint density at radius 2 is 2.05 bits per heavy atom. The Hall–Kier alpha value is -2.56. The molecule has 4 nitrogen and oxygen atoms in total. The maximum atomic E-state index is 14.1. The van der Waals surface area contributed by atoms with E-state index in [2.05, 4.69) is 5.32 Å². The molecule has 110 valence electrons. The number of hydrogen-bond donors (Lipinski definition) is 3. The van der Waals surface area contributed by atoms with Crippen LogP contribution in [0, 0.1) is 12.7 Å². The molecule has 5 heteroatoms. The first-order valence-corrected chi connectivity index (χ1v) is 6.68. The van der Waals surface area contributed by atoms with Crippen LogP contribution >= 0.6 is 0 Å². The highest BCUT2D eigenvalue weighted by atomic mass is 19.1. The molecule has 0 fully saturated rings. The summed E-state index contributed by atoms with van der Waals surface area (Å²) in [5, 5.41) is 3.04. The molecule has 21 heavy (non-hydrogen) atoms. The van der Waals surface area contributed by atoms with Gasteiger partial charge in [0, 0.05) is 11.4 Å². The van der Waals surface area contributed by atoms with E-state index < -0.39 is 11.7 Å². The maximum absolute atomic E-state index is 14.1. The highest BCUT2D eigenvalue weighted by Crippen LogP contribution is 2.29. The van der Waals surface area contributed by atoms with Gasteiger partial charge in [0.15, 0.2) is 0 Å². The van der Waals surface area contributed by atoms with Gasteiger partial charge in [0.1, 0.15) is 5.82 Å². The van der Waals surface area contributed by atoms with Crippen molar-refractivity contribution in [1.82, 2.24) is 0 Å². The number of nitrogen functional groups attached to an aromatic ring is 1. The van der Waals surface area contributed by atoms with E-state index in [-0.39, 0.29) is 16.9 Å². The van der Waals surface area contributed by atoms with Gasteiger partial charge in [-0.3, -0.25) is 4.79 Å². The second-order valence-electron chi connectivity index (χ2n) is 4.87. The van der Waals surface area contributed by atoms with E-state index in [1.54, 1.807) is 0 Å². The van der Waals surface area contributed by atoms with Crippen LogP contribution in [0.2, 0.25) is 0 Å². The third-order valence-corrected chi connectivity index (χ3v) is 3.40. The summed E-state index contributed by atoms with van der Waals surface area (Å²) in [4.78, 5) is 11.3. The van der Waals surface area contributed by atoms with Crippen molar-refractivity contribution in [2.24, 2.45) is 5.73 Å². The first kappa shape index (κ1) is 14.8. The van der Waals surface area contributed by atoms with E-state index in [1.165, 1.54) is 6.07 Å². The second kappa shape index (κ2) is 5.83. The van der Waals surface area contributed by atoms with E-state index >= 15 is 0 Å². The Morgan fingerprint density at radius 1 is 1.33 bits per heavy atom.